The topological polar surface area (TPSA) is 76.2 Å². The SMILES string of the molecule is CCN(C(=O)c1ccccc1)N(OC(C)=O)OC(C)=O. The van der Waals surface area contributed by atoms with Crippen molar-refractivity contribution in [1.82, 2.24) is 10.3 Å². The highest BCUT2D eigenvalue weighted by atomic mass is 17.0. The molecule has 1 rings (SSSR count). The molecule has 0 spiro atoms. The van der Waals surface area contributed by atoms with Crippen molar-refractivity contribution in [3.63, 3.8) is 0 Å². The van der Waals surface area contributed by atoms with Gasteiger partial charge in [-0.15, -0.1) is 0 Å². The molecular formula is C13H16N2O5. The Hall–Kier alpha value is -2.41. The van der Waals surface area contributed by atoms with Gasteiger partial charge in [-0.25, -0.2) is 5.01 Å². The second-order valence-electron chi connectivity index (χ2n) is 3.79. The van der Waals surface area contributed by atoms with E-state index in [0.717, 1.165) is 18.9 Å². The van der Waals surface area contributed by atoms with Gasteiger partial charge in [0, 0.05) is 26.0 Å². The van der Waals surface area contributed by atoms with Crippen LogP contribution in [0.5, 0.6) is 0 Å². The lowest BCUT2D eigenvalue weighted by molar-refractivity contribution is -0.399. The van der Waals surface area contributed by atoms with E-state index in [-0.39, 0.29) is 6.54 Å². The van der Waals surface area contributed by atoms with E-state index in [9.17, 15) is 14.4 Å². The van der Waals surface area contributed by atoms with Crippen LogP contribution in [0.25, 0.3) is 0 Å². The van der Waals surface area contributed by atoms with Crippen LogP contribution in [0.4, 0.5) is 0 Å². The minimum Gasteiger partial charge on any atom is -0.315 e. The maximum Gasteiger partial charge on any atom is 0.328 e. The molecule has 0 saturated carbocycles. The summed E-state index contributed by atoms with van der Waals surface area (Å²) >= 11 is 0. The normalized spacial score (nSPS) is 10.0. The van der Waals surface area contributed by atoms with E-state index >= 15 is 0 Å². The lowest BCUT2D eigenvalue weighted by atomic mass is 10.2. The smallest absolute Gasteiger partial charge is 0.315 e. The standard InChI is InChI=1S/C13H16N2O5/c1-4-14(13(18)12-8-6-5-7-9-12)15(19-10(2)16)20-11(3)17/h5-9H,4H2,1-3H3. The summed E-state index contributed by atoms with van der Waals surface area (Å²) in [5, 5.41) is 1.50. The van der Waals surface area contributed by atoms with E-state index in [0.29, 0.717) is 10.9 Å². The highest BCUT2D eigenvalue weighted by molar-refractivity contribution is 5.93. The first-order valence-electron chi connectivity index (χ1n) is 5.99. The van der Waals surface area contributed by atoms with E-state index in [1.165, 1.54) is 0 Å². The van der Waals surface area contributed by atoms with Crippen molar-refractivity contribution in [2.45, 2.75) is 20.8 Å². The molecule has 0 radical (unpaired) electrons. The molecule has 0 N–H and O–H groups in total. The van der Waals surface area contributed by atoms with Gasteiger partial charge < -0.3 is 9.68 Å². The fraction of sp³-hybridized carbons (Fsp3) is 0.308. The van der Waals surface area contributed by atoms with Gasteiger partial charge in [0.1, 0.15) is 5.34 Å². The molecule has 0 saturated heterocycles. The van der Waals surface area contributed by atoms with Gasteiger partial charge in [0.25, 0.3) is 5.91 Å². The van der Waals surface area contributed by atoms with E-state index in [2.05, 4.69) is 0 Å². The van der Waals surface area contributed by atoms with E-state index < -0.39 is 17.8 Å². The first-order valence-corrected chi connectivity index (χ1v) is 5.99. The Morgan fingerprint density at radius 3 is 1.90 bits per heavy atom. The number of rotatable bonds is 5. The summed E-state index contributed by atoms with van der Waals surface area (Å²) < 4.78 is 0. The summed E-state index contributed by atoms with van der Waals surface area (Å²) in [6.45, 7) is 4.07. The lowest BCUT2D eigenvalue weighted by Crippen LogP contribution is -2.47. The Kier molecular flexibility index (Phi) is 5.67. The van der Waals surface area contributed by atoms with Crippen molar-refractivity contribution >= 4 is 17.8 Å². The quantitative estimate of drug-likeness (QED) is 0.757. The Balaban J connectivity index is 2.97. The van der Waals surface area contributed by atoms with E-state index in [4.69, 9.17) is 9.68 Å². The number of carbonyl (C=O) groups is 3. The molecule has 108 valence electrons. The Morgan fingerprint density at radius 2 is 1.50 bits per heavy atom. The third-order valence-corrected chi connectivity index (χ3v) is 2.17. The van der Waals surface area contributed by atoms with Crippen LogP contribution in [-0.2, 0) is 19.3 Å². The molecule has 7 heteroatoms. The highest BCUT2D eigenvalue weighted by Gasteiger charge is 2.27. The van der Waals surface area contributed by atoms with Gasteiger partial charge in [-0.1, -0.05) is 18.2 Å². The van der Waals surface area contributed by atoms with Gasteiger partial charge in [-0.3, -0.25) is 14.4 Å². The van der Waals surface area contributed by atoms with Gasteiger partial charge >= 0.3 is 11.9 Å². The van der Waals surface area contributed by atoms with Crippen LogP contribution in [0.3, 0.4) is 0 Å². The predicted octanol–water partition coefficient (Wildman–Crippen LogP) is 1.32. The molecule has 7 nitrogen and oxygen atoms in total. The molecule has 1 amide bonds. The van der Waals surface area contributed by atoms with Crippen molar-refractivity contribution in [3.05, 3.63) is 35.9 Å². The van der Waals surface area contributed by atoms with Gasteiger partial charge in [-0.2, -0.15) is 0 Å². The molecule has 20 heavy (non-hydrogen) atoms. The average Bonchev–Trinajstić information content (AvgIpc) is 2.39. The van der Waals surface area contributed by atoms with Gasteiger partial charge in [0.15, 0.2) is 0 Å². The van der Waals surface area contributed by atoms with Crippen LogP contribution in [0.1, 0.15) is 31.1 Å². The zero-order valence-corrected chi connectivity index (χ0v) is 11.5. The zero-order chi connectivity index (χ0) is 15.1. The van der Waals surface area contributed by atoms with Crippen LogP contribution in [0, 0.1) is 0 Å². The molecule has 0 fully saturated rings. The first kappa shape index (κ1) is 15.6. The Morgan fingerprint density at radius 1 is 1.00 bits per heavy atom. The molecule has 0 aliphatic rings. The first-order chi connectivity index (χ1) is 9.45. The molecule has 0 unspecified atom stereocenters. The van der Waals surface area contributed by atoms with Crippen molar-refractivity contribution < 1.29 is 24.1 Å². The largest absolute Gasteiger partial charge is 0.328 e. The molecule has 0 aliphatic heterocycles. The molecule has 0 aliphatic carbocycles. The van der Waals surface area contributed by atoms with E-state index in [1.807, 2.05) is 0 Å². The molecular weight excluding hydrogens is 264 g/mol. The summed E-state index contributed by atoms with van der Waals surface area (Å²) in [7, 11) is 0. The Labute approximate surface area is 116 Å². The van der Waals surface area contributed by atoms with Gasteiger partial charge in [-0.05, 0) is 19.1 Å². The average molecular weight is 280 g/mol. The van der Waals surface area contributed by atoms with Crippen LogP contribution in [0.15, 0.2) is 30.3 Å². The fourth-order valence-corrected chi connectivity index (χ4v) is 1.40. The molecule has 0 atom stereocenters. The lowest BCUT2D eigenvalue weighted by Gasteiger charge is -2.28. The number of nitrogens with zero attached hydrogens (tertiary/aromatic N) is 2. The molecule has 1 aromatic rings. The number of hydrogen-bond donors (Lipinski definition) is 0. The van der Waals surface area contributed by atoms with E-state index in [1.54, 1.807) is 37.3 Å². The number of hydrazine groups is 1. The maximum atomic E-state index is 12.3. The van der Waals surface area contributed by atoms with Crippen molar-refractivity contribution in [2.75, 3.05) is 6.54 Å². The van der Waals surface area contributed by atoms with Crippen LogP contribution >= 0.6 is 0 Å². The number of carbonyl (C=O) groups excluding carboxylic acids is 3. The summed E-state index contributed by atoms with van der Waals surface area (Å²) in [6.07, 6.45) is 0. The zero-order valence-electron chi connectivity index (χ0n) is 11.5. The summed E-state index contributed by atoms with van der Waals surface area (Å²) in [4.78, 5) is 43.8. The fourth-order valence-electron chi connectivity index (χ4n) is 1.40. The third-order valence-electron chi connectivity index (χ3n) is 2.17. The Bertz CT molecular complexity index is 473. The van der Waals surface area contributed by atoms with Crippen LogP contribution in [0.2, 0.25) is 0 Å². The molecule has 1 aromatic carbocycles. The monoisotopic (exact) mass is 280 g/mol. The second kappa shape index (κ2) is 7.25. The van der Waals surface area contributed by atoms with Crippen molar-refractivity contribution in [1.29, 1.82) is 0 Å². The van der Waals surface area contributed by atoms with Crippen LogP contribution in [-0.4, -0.2) is 34.7 Å². The van der Waals surface area contributed by atoms with Crippen molar-refractivity contribution in [3.8, 4) is 0 Å². The molecule has 0 aromatic heterocycles. The minimum atomic E-state index is -0.717. The third kappa shape index (κ3) is 4.36. The minimum absolute atomic E-state index is 0.147. The molecule has 0 heterocycles. The summed E-state index contributed by atoms with van der Waals surface area (Å²) in [6, 6.07) is 8.37. The molecule has 0 bridgehead atoms. The second-order valence-corrected chi connectivity index (χ2v) is 3.79. The van der Waals surface area contributed by atoms with Crippen molar-refractivity contribution in [2.24, 2.45) is 0 Å². The number of hydrogen-bond acceptors (Lipinski definition) is 6. The summed E-state index contributed by atoms with van der Waals surface area (Å²) in [5.41, 5.74) is 0.374. The van der Waals surface area contributed by atoms with Gasteiger partial charge in [0.2, 0.25) is 0 Å². The maximum absolute atomic E-state index is 12.3. The highest BCUT2D eigenvalue weighted by Crippen LogP contribution is 2.09. The summed E-state index contributed by atoms with van der Waals surface area (Å²) in [5.74, 6) is -1.90. The van der Waals surface area contributed by atoms with Crippen LogP contribution < -0.4 is 0 Å². The van der Waals surface area contributed by atoms with Gasteiger partial charge in [0.05, 0.1) is 0 Å². The predicted molar refractivity (Wildman–Crippen MR) is 68.5 cm³/mol. The number of amides is 1. The number of benzene rings is 1.